The Hall–Kier alpha value is -3.26. The van der Waals surface area contributed by atoms with Gasteiger partial charge in [-0.25, -0.2) is 9.07 Å². The average molecular weight is 305 g/mol. The van der Waals surface area contributed by atoms with E-state index in [1.165, 1.54) is 22.9 Å². The van der Waals surface area contributed by atoms with E-state index in [1.54, 1.807) is 42.5 Å². The highest BCUT2D eigenvalue weighted by atomic mass is 19.1. The summed E-state index contributed by atoms with van der Waals surface area (Å²) in [5.41, 5.74) is 1.87. The molecule has 5 heteroatoms. The van der Waals surface area contributed by atoms with Crippen LogP contribution in [0.5, 0.6) is 0 Å². The molecule has 1 aromatic heterocycles. The van der Waals surface area contributed by atoms with Gasteiger partial charge >= 0.3 is 0 Å². The predicted octanol–water partition coefficient (Wildman–Crippen LogP) is 2.97. The molecule has 0 amide bonds. The minimum absolute atomic E-state index is 0.257. The van der Waals surface area contributed by atoms with Gasteiger partial charge in [0.05, 0.1) is 23.9 Å². The van der Waals surface area contributed by atoms with Crippen molar-refractivity contribution >= 4 is 0 Å². The Morgan fingerprint density at radius 1 is 1.04 bits per heavy atom. The van der Waals surface area contributed by atoms with Gasteiger partial charge in [-0.1, -0.05) is 24.3 Å². The molecular weight excluding hydrogens is 293 g/mol. The van der Waals surface area contributed by atoms with Gasteiger partial charge in [0.1, 0.15) is 5.82 Å². The van der Waals surface area contributed by atoms with Crippen LogP contribution in [0.2, 0.25) is 0 Å². The topological polar surface area (TPSA) is 58.7 Å². The lowest BCUT2D eigenvalue weighted by atomic mass is 10.1. The van der Waals surface area contributed by atoms with Crippen LogP contribution in [0.3, 0.4) is 0 Å². The summed E-state index contributed by atoms with van der Waals surface area (Å²) in [7, 11) is 0. The Labute approximate surface area is 132 Å². The van der Waals surface area contributed by atoms with Gasteiger partial charge in [0.2, 0.25) is 0 Å². The lowest BCUT2D eigenvalue weighted by Gasteiger charge is -2.08. The number of rotatable bonds is 3. The van der Waals surface area contributed by atoms with Crippen LogP contribution in [-0.4, -0.2) is 9.78 Å². The van der Waals surface area contributed by atoms with Gasteiger partial charge in [-0.05, 0) is 35.9 Å². The number of nitrogens with zero attached hydrogens (tertiary/aromatic N) is 3. The van der Waals surface area contributed by atoms with Crippen molar-refractivity contribution in [2.24, 2.45) is 0 Å². The Morgan fingerprint density at radius 3 is 2.48 bits per heavy atom. The minimum atomic E-state index is -0.386. The molecule has 0 spiro atoms. The molecule has 2 aromatic carbocycles. The third-order valence-electron chi connectivity index (χ3n) is 3.43. The standard InChI is InChI=1S/C18H12FN3O/c19-16-4-2-1-3-15(16)17-9-10-18(23)22(21-17)12-14-7-5-13(11-20)6-8-14/h1-10H,12H2. The van der Waals surface area contributed by atoms with Crippen molar-refractivity contribution < 1.29 is 4.39 Å². The molecule has 4 nitrogen and oxygen atoms in total. The van der Waals surface area contributed by atoms with Crippen LogP contribution in [0.1, 0.15) is 11.1 Å². The van der Waals surface area contributed by atoms with Crippen molar-refractivity contribution in [3.63, 3.8) is 0 Å². The maximum atomic E-state index is 13.9. The van der Waals surface area contributed by atoms with E-state index in [2.05, 4.69) is 5.10 Å². The molecule has 0 aliphatic carbocycles. The van der Waals surface area contributed by atoms with Crippen LogP contribution < -0.4 is 5.56 Å². The maximum Gasteiger partial charge on any atom is 0.267 e. The van der Waals surface area contributed by atoms with Crippen LogP contribution in [0.25, 0.3) is 11.3 Å². The lowest BCUT2D eigenvalue weighted by Crippen LogP contribution is -2.22. The van der Waals surface area contributed by atoms with Crippen molar-refractivity contribution in [2.45, 2.75) is 6.54 Å². The minimum Gasteiger partial charge on any atom is -0.268 e. The summed E-state index contributed by atoms with van der Waals surface area (Å²) in [6.07, 6.45) is 0. The first kappa shape index (κ1) is 14.7. The largest absolute Gasteiger partial charge is 0.268 e. The molecule has 0 radical (unpaired) electrons. The summed E-state index contributed by atoms with van der Waals surface area (Å²) in [6, 6.07) is 18.1. The van der Waals surface area contributed by atoms with E-state index >= 15 is 0 Å². The fourth-order valence-electron chi connectivity index (χ4n) is 2.23. The number of aromatic nitrogens is 2. The molecule has 0 aliphatic rings. The first-order valence-electron chi connectivity index (χ1n) is 6.99. The summed E-state index contributed by atoms with van der Waals surface area (Å²) in [4.78, 5) is 12.0. The summed E-state index contributed by atoms with van der Waals surface area (Å²) in [5, 5.41) is 13.0. The fourth-order valence-corrected chi connectivity index (χ4v) is 2.23. The SMILES string of the molecule is N#Cc1ccc(Cn2nc(-c3ccccc3F)ccc2=O)cc1. The van der Waals surface area contributed by atoms with Gasteiger partial charge in [0.15, 0.2) is 0 Å². The molecule has 0 saturated carbocycles. The number of hydrogen-bond donors (Lipinski definition) is 0. The van der Waals surface area contributed by atoms with Crippen molar-refractivity contribution in [2.75, 3.05) is 0 Å². The zero-order valence-electron chi connectivity index (χ0n) is 12.1. The van der Waals surface area contributed by atoms with E-state index in [0.29, 0.717) is 16.8 Å². The fraction of sp³-hybridized carbons (Fsp3) is 0.0556. The number of halogens is 1. The highest BCUT2D eigenvalue weighted by Gasteiger charge is 2.08. The van der Waals surface area contributed by atoms with Crippen LogP contribution in [0.15, 0.2) is 65.5 Å². The molecule has 0 atom stereocenters. The summed E-state index contributed by atoms with van der Waals surface area (Å²) >= 11 is 0. The van der Waals surface area contributed by atoms with E-state index in [-0.39, 0.29) is 17.9 Å². The molecule has 0 aliphatic heterocycles. The molecular formula is C18H12FN3O. The summed E-state index contributed by atoms with van der Waals surface area (Å²) in [5.74, 6) is -0.386. The Bertz CT molecular complexity index is 939. The van der Waals surface area contributed by atoms with Gasteiger partial charge in [-0.2, -0.15) is 10.4 Å². The van der Waals surface area contributed by atoms with Crippen LogP contribution >= 0.6 is 0 Å². The first-order valence-corrected chi connectivity index (χ1v) is 6.99. The van der Waals surface area contributed by atoms with E-state index < -0.39 is 0 Å². The third-order valence-corrected chi connectivity index (χ3v) is 3.43. The average Bonchev–Trinajstić information content (AvgIpc) is 2.58. The number of nitriles is 1. The second-order valence-electron chi connectivity index (χ2n) is 5.00. The van der Waals surface area contributed by atoms with Crippen molar-refractivity contribution in [1.29, 1.82) is 5.26 Å². The van der Waals surface area contributed by atoms with Gasteiger partial charge in [-0.3, -0.25) is 4.79 Å². The molecule has 0 saturated heterocycles. The zero-order chi connectivity index (χ0) is 16.2. The van der Waals surface area contributed by atoms with Gasteiger partial charge in [0.25, 0.3) is 5.56 Å². The second kappa shape index (κ2) is 6.24. The summed E-state index contributed by atoms with van der Waals surface area (Å²) < 4.78 is 15.1. The van der Waals surface area contributed by atoms with Crippen LogP contribution in [0.4, 0.5) is 4.39 Å². The van der Waals surface area contributed by atoms with Crippen LogP contribution in [0, 0.1) is 17.1 Å². The molecule has 1 heterocycles. The molecule has 112 valence electrons. The lowest BCUT2D eigenvalue weighted by molar-refractivity contribution is 0.620. The normalized spacial score (nSPS) is 10.3. The number of benzene rings is 2. The van der Waals surface area contributed by atoms with Gasteiger partial charge < -0.3 is 0 Å². The Kier molecular flexibility index (Phi) is 3.98. The second-order valence-corrected chi connectivity index (χ2v) is 5.00. The van der Waals surface area contributed by atoms with Crippen molar-refractivity contribution in [1.82, 2.24) is 9.78 Å². The monoisotopic (exact) mass is 305 g/mol. The highest BCUT2D eigenvalue weighted by Crippen LogP contribution is 2.19. The zero-order valence-corrected chi connectivity index (χ0v) is 12.1. The van der Waals surface area contributed by atoms with Crippen molar-refractivity contribution in [3.8, 4) is 17.3 Å². The molecule has 23 heavy (non-hydrogen) atoms. The van der Waals surface area contributed by atoms with Gasteiger partial charge in [-0.15, -0.1) is 0 Å². The van der Waals surface area contributed by atoms with Gasteiger partial charge in [0, 0.05) is 11.6 Å². The Morgan fingerprint density at radius 2 is 1.78 bits per heavy atom. The number of hydrogen-bond acceptors (Lipinski definition) is 3. The van der Waals surface area contributed by atoms with E-state index in [9.17, 15) is 9.18 Å². The van der Waals surface area contributed by atoms with E-state index in [1.807, 2.05) is 6.07 Å². The first-order chi connectivity index (χ1) is 11.2. The maximum absolute atomic E-state index is 13.9. The van der Waals surface area contributed by atoms with E-state index in [4.69, 9.17) is 5.26 Å². The highest BCUT2D eigenvalue weighted by molar-refractivity contribution is 5.58. The molecule has 0 unspecified atom stereocenters. The molecule has 0 fully saturated rings. The predicted molar refractivity (Wildman–Crippen MR) is 84.2 cm³/mol. The third kappa shape index (κ3) is 3.16. The molecule has 0 N–H and O–H groups in total. The Balaban J connectivity index is 1.96. The summed E-state index contributed by atoms with van der Waals surface area (Å²) in [6.45, 7) is 0.257. The smallest absolute Gasteiger partial charge is 0.267 e. The van der Waals surface area contributed by atoms with Crippen molar-refractivity contribution in [3.05, 3.63) is 88.0 Å². The molecule has 0 bridgehead atoms. The van der Waals surface area contributed by atoms with Crippen LogP contribution in [-0.2, 0) is 6.54 Å². The quantitative estimate of drug-likeness (QED) is 0.747. The van der Waals surface area contributed by atoms with E-state index in [0.717, 1.165) is 5.56 Å². The molecule has 3 rings (SSSR count). The molecule has 3 aromatic rings.